The van der Waals surface area contributed by atoms with Crippen LogP contribution in [0.4, 0.5) is 0 Å². The van der Waals surface area contributed by atoms with Crippen LogP contribution >= 0.6 is 11.3 Å². The second-order valence-electron chi connectivity index (χ2n) is 5.52. The molecular weight excluding hydrogens is 308 g/mol. The van der Waals surface area contributed by atoms with Gasteiger partial charge in [-0.2, -0.15) is 0 Å². The molecule has 6 heteroatoms. The van der Waals surface area contributed by atoms with Crippen LogP contribution in [-0.2, 0) is 13.0 Å². The summed E-state index contributed by atoms with van der Waals surface area (Å²) in [5.41, 5.74) is 0. The molecule has 1 unspecified atom stereocenters. The summed E-state index contributed by atoms with van der Waals surface area (Å²) in [5, 5.41) is 6.73. The number of rotatable bonds is 7. The zero-order valence-corrected chi connectivity index (χ0v) is 15.1. The van der Waals surface area contributed by atoms with Crippen molar-refractivity contribution >= 4 is 17.3 Å². The highest BCUT2D eigenvalue weighted by Gasteiger charge is 2.17. The van der Waals surface area contributed by atoms with E-state index in [1.807, 2.05) is 37.6 Å². The lowest BCUT2D eigenvalue weighted by molar-refractivity contribution is 0.258. The topological polar surface area (TPSA) is 52.8 Å². The molecule has 126 valence electrons. The van der Waals surface area contributed by atoms with Crippen molar-refractivity contribution in [2.24, 2.45) is 4.99 Å². The van der Waals surface area contributed by atoms with Gasteiger partial charge in [-0.25, -0.2) is 0 Å². The maximum absolute atomic E-state index is 5.53. The molecule has 5 nitrogen and oxygen atoms in total. The van der Waals surface area contributed by atoms with E-state index < -0.39 is 0 Å². The lowest BCUT2D eigenvalue weighted by atomic mass is 10.2. The molecule has 2 N–H and O–H groups in total. The van der Waals surface area contributed by atoms with Crippen LogP contribution in [0.25, 0.3) is 0 Å². The van der Waals surface area contributed by atoms with Gasteiger partial charge in [-0.3, -0.25) is 9.89 Å². The zero-order valence-electron chi connectivity index (χ0n) is 14.3. The Morgan fingerprint density at radius 1 is 1.26 bits per heavy atom. The summed E-state index contributed by atoms with van der Waals surface area (Å²) in [5.74, 6) is 1.75. The van der Waals surface area contributed by atoms with E-state index >= 15 is 0 Å². The lowest BCUT2D eigenvalue weighted by Crippen LogP contribution is -2.41. The Labute approximate surface area is 142 Å². The first-order valence-electron chi connectivity index (χ1n) is 7.86. The molecule has 0 fully saturated rings. The highest BCUT2D eigenvalue weighted by atomic mass is 32.1. The Morgan fingerprint density at radius 3 is 2.61 bits per heavy atom. The van der Waals surface area contributed by atoms with Gasteiger partial charge in [0.05, 0.1) is 18.8 Å². The van der Waals surface area contributed by atoms with Crippen LogP contribution in [0.5, 0.6) is 0 Å². The Bertz CT molecular complexity index is 604. The van der Waals surface area contributed by atoms with Crippen molar-refractivity contribution in [2.75, 3.05) is 27.7 Å². The van der Waals surface area contributed by atoms with Gasteiger partial charge in [0.2, 0.25) is 0 Å². The largest absolute Gasteiger partial charge is 0.468 e. The fourth-order valence-corrected chi connectivity index (χ4v) is 3.21. The number of hydrogen-bond donors (Lipinski definition) is 2. The van der Waals surface area contributed by atoms with Gasteiger partial charge in [-0.1, -0.05) is 6.92 Å². The molecule has 0 bridgehead atoms. The number of likely N-dealkylation sites (N-methyl/N-ethyl adjacent to an activating group) is 1. The monoisotopic (exact) mass is 334 g/mol. The van der Waals surface area contributed by atoms with Gasteiger partial charge in [0, 0.05) is 23.3 Å². The highest BCUT2D eigenvalue weighted by Crippen LogP contribution is 2.18. The van der Waals surface area contributed by atoms with Gasteiger partial charge in [-0.15, -0.1) is 11.3 Å². The molecule has 0 aromatic carbocycles. The van der Waals surface area contributed by atoms with Crippen LogP contribution < -0.4 is 10.6 Å². The number of guanidine groups is 1. The van der Waals surface area contributed by atoms with Crippen LogP contribution in [0, 0.1) is 0 Å². The van der Waals surface area contributed by atoms with Gasteiger partial charge < -0.3 is 15.1 Å². The second kappa shape index (κ2) is 8.74. The van der Waals surface area contributed by atoms with Crippen molar-refractivity contribution in [1.29, 1.82) is 0 Å². The molecule has 23 heavy (non-hydrogen) atoms. The van der Waals surface area contributed by atoms with E-state index in [1.54, 1.807) is 13.3 Å². The average Bonchev–Trinajstić information content (AvgIpc) is 3.21. The number of aryl methyl sites for hydroxylation is 1. The van der Waals surface area contributed by atoms with Crippen LogP contribution in [-0.4, -0.2) is 38.5 Å². The third-order valence-corrected chi connectivity index (χ3v) is 4.91. The van der Waals surface area contributed by atoms with E-state index in [0.717, 1.165) is 31.2 Å². The van der Waals surface area contributed by atoms with Gasteiger partial charge in [0.25, 0.3) is 0 Å². The molecule has 2 rings (SSSR count). The zero-order chi connectivity index (χ0) is 16.7. The Balaban J connectivity index is 1.86. The highest BCUT2D eigenvalue weighted by molar-refractivity contribution is 7.11. The molecular formula is C17H26N4OS. The normalized spacial score (nSPS) is 13.3. The molecule has 2 heterocycles. The molecule has 1 atom stereocenters. The number of hydrogen-bond acceptors (Lipinski definition) is 4. The summed E-state index contributed by atoms with van der Waals surface area (Å²) in [7, 11) is 5.88. The number of nitrogens with one attached hydrogen (secondary N) is 2. The van der Waals surface area contributed by atoms with Crippen molar-refractivity contribution < 1.29 is 4.42 Å². The third-order valence-electron chi connectivity index (χ3n) is 3.68. The molecule has 0 saturated heterocycles. The maximum Gasteiger partial charge on any atom is 0.191 e. The smallest absolute Gasteiger partial charge is 0.191 e. The molecule has 2 aromatic rings. The van der Waals surface area contributed by atoms with Crippen molar-refractivity contribution in [1.82, 2.24) is 15.5 Å². The quantitative estimate of drug-likeness (QED) is 0.604. The van der Waals surface area contributed by atoms with Gasteiger partial charge in [-0.05, 0) is 44.8 Å². The maximum atomic E-state index is 5.53. The van der Waals surface area contributed by atoms with Gasteiger partial charge in [0.1, 0.15) is 5.76 Å². The standard InChI is InChI=1S/C17H26N4OS/c1-5-13-8-9-14(23-13)11-19-17(18-2)20-12-15(21(3)4)16-7-6-10-22-16/h6-10,15H,5,11-12H2,1-4H3,(H2,18,19,20). The summed E-state index contributed by atoms with van der Waals surface area (Å²) in [6.07, 6.45) is 2.80. The number of furan rings is 1. The van der Waals surface area contributed by atoms with Crippen LogP contribution in [0.2, 0.25) is 0 Å². The van der Waals surface area contributed by atoms with Crippen molar-refractivity contribution in [3.8, 4) is 0 Å². The third kappa shape index (κ3) is 5.11. The van der Waals surface area contributed by atoms with Gasteiger partial charge in [0.15, 0.2) is 5.96 Å². The molecule has 0 saturated carbocycles. The Morgan fingerprint density at radius 2 is 2.04 bits per heavy atom. The summed E-state index contributed by atoms with van der Waals surface area (Å²) in [4.78, 5) is 9.16. The van der Waals surface area contributed by atoms with E-state index in [1.165, 1.54) is 9.75 Å². The van der Waals surface area contributed by atoms with E-state index in [4.69, 9.17) is 4.42 Å². The van der Waals surface area contributed by atoms with Crippen LogP contribution in [0.1, 0.15) is 28.5 Å². The first kappa shape index (κ1) is 17.6. The van der Waals surface area contributed by atoms with Crippen LogP contribution in [0.3, 0.4) is 0 Å². The van der Waals surface area contributed by atoms with Crippen molar-refractivity contribution in [2.45, 2.75) is 25.9 Å². The first-order valence-corrected chi connectivity index (χ1v) is 8.67. The lowest BCUT2D eigenvalue weighted by Gasteiger charge is -2.23. The summed E-state index contributed by atoms with van der Waals surface area (Å²) < 4.78 is 5.53. The van der Waals surface area contributed by atoms with Crippen molar-refractivity contribution in [3.63, 3.8) is 0 Å². The molecule has 0 aliphatic heterocycles. The molecule has 0 aliphatic rings. The summed E-state index contributed by atoms with van der Waals surface area (Å²) >= 11 is 1.84. The number of thiophene rings is 1. The molecule has 0 radical (unpaired) electrons. The van der Waals surface area contributed by atoms with E-state index in [9.17, 15) is 0 Å². The minimum atomic E-state index is 0.164. The van der Waals surface area contributed by atoms with Crippen molar-refractivity contribution in [3.05, 3.63) is 46.0 Å². The molecule has 0 amide bonds. The van der Waals surface area contributed by atoms with E-state index in [0.29, 0.717) is 0 Å². The first-order chi connectivity index (χ1) is 11.1. The van der Waals surface area contributed by atoms with E-state index in [-0.39, 0.29) is 6.04 Å². The number of nitrogens with zero attached hydrogens (tertiary/aromatic N) is 2. The molecule has 2 aromatic heterocycles. The Kier molecular flexibility index (Phi) is 6.67. The Hall–Kier alpha value is -1.79. The fraction of sp³-hybridized carbons (Fsp3) is 0.471. The minimum absolute atomic E-state index is 0.164. The second-order valence-corrected chi connectivity index (χ2v) is 6.78. The predicted molar refractivity (Wildman–Crippen MR) is 97.0 cm³/mol. The minimum Gasteiger partial charge on any atom is -0.468 e. The SMILES string of the molecule is CCc1ccc(CNC(=NC)NCC(c2ccco2)N(C)C)s1. The van der Waals surface area contributed by atoms with Crippen LogP contribution in [0.15, 0.2) is 39.9 Å². The average molecular weight is 334 g/mol. The summed E-state index contributed by atoms with van der Waals surface area (Å²) in [6, 6.07) is 8.45. The number of aliphatic imine (C=N–C) groups is 1. The molecule has 0 spiro atoms. The van der Waals surface area contributed by atoms with E-state index in [2.05, 4.69) is 39.6 Å². The summed E-state index contributed by atoms with van der Waals surface area (Å²) in [6.45, 7) is 3.70. The van der Waals surface area contributed by atoms with Gasteiger partial charge >= 0.3 is 0 Å². The predicted octanol–water partition coefficient (Wildman–Crippen LogP) is 2.87. The molecule has 0 aliphatic carbocycles. The fourth-order valence-electron chi connectivity index (χ4n) is 2.31.